The van der Waals surface area contributed by atoms with Gasteiger partial charge in [-0.2, -0.15) is 0 Å². The van der Waals surface area contributed by atoms with Crippen molar-refractivity contribution in [3.05, 3.63) is 28.3 Å². The van der Waals surface area contributed by atoms with Crippen molar-refractivity contribution in [2.75, 3.05) is 7.11 Å². The lowest BCUT2D eigenvalue weighted by molar-refractivity contribution is 0.0682. The van der Waals surface area contributed by atoms with Crippen LogP contribution in [-0.4, -0.2) is 17.8 Å². The average Bonchev–Trinajstić information content (AvgIpc) is 2.27. The molecule has 0 fully saturated rings. The number of aliphatic hydroxyl groups is 1. The minimum Gasteiger partial charge on any atom is -0.496 e. The largest absolute Gasteiger partial charge is 0.496 e. The highest BCUT2D eigenvalue weighted by atomic mass is 35.5. The Hall–Kier alpha value is -0.730. The summed E-state index contributed by atoms with van der Waals surface area (Å²) in [5.41, 5.74) is 1.60. The maximum atomic E-state index is 9.65. The Morgan fingerprint density at radius 2 is 1.94 bits per heavy atom. The van der Waals surface area contributed by atoms with Gasteiger partial charge in [0.15, 0.2) is 0 Å². The van der Waals surface area contributed by atoms with E-state index < -0.39 is 5.60 Å². The number of hydrogen-bond donors (Lipinski definition) is 1. The predicted molar refractivity (Wildman–Crippen MR) is 76.6 cm³/mol. The summed E-state index contributed by atoms with van der Waals surface area (Å²) in [5.74, 6) is 0.903. The maximum absolute atomic E-state index is 9.65. The summed E-state index contributed by atoms with van der Waals surface area (Å²) in [6.07, 6.45) is 3.77. The summed E-state index contributed by atoms with van der Waals surface area (Å²) in [5, 5.41) is 10.4. The third kappa shape index (κ3) is 4.87. The van der Waals surface area contributed by atoms with Crippen molar-refractivity contribution in [2.45, 2.75) is 52.1 Å². The van der Waals surface area contributed by atoms with Crippen LogP contribution in [0.15, 0.2) is 12.1 Å². The molecule has 0 aromatic heterocycles. The van der Waals surface area contributed by atoms with Gasteiger partial charge in [0.25, 0.3) is 0 Å². The molecule has 3 heteroatoms. The van der Waals surface area contributed by atoms with Gasteiger partial charge in [0.1, 0.15) is 5.75 Å². The molecule has 2 nitrogen and oxygen atoms in total. The topological polar surface area (TPSA) is 29.5 Å². The normalized spacial score (nSPS) is 11.7. The highest BCUT2D eigenvalue weighted by Crippen LogP contribution is 2.28. The first-order valence-electron chi connectivity index (χ1n) is 6.39. The molecule has 0 spiro atoms. The third-order valence-electron chi connectivity index (χ3n) is 3.05. The molecule has 0 heterocycles. The molecule has 0 radical (unpaired) electrons. The van der Waals surface area contributed by atoms with E-state index in [1.165, 1.54) is 0 Å². The van der Waals surface area contributed by atoms with Crippen molar-refractivity contribution in [3.8, 4) is 5.75 Å². The summed E-state index contributed by atoms with van der Waals surface area (Å²) in [6.45, 7) is 5.66. The van der Waals surface area contributed by atoms with Crippen LogP contribution in [0.1, 0.15) is 44.2 Å². The Kier molecular flexibility index (Phi) is 5.48. The van der Waals surface area contributed by atoms with E-state index in [0.717, 1.165) is 47.6 Å². The van der Waals surface area contributed by atoms with Crippen molar-refractivity contribution in [3.63, 3.8) is 0 Å². The molecule has 0 aliphatic carbocycles. The molecule has 18 heavy (non-hydrogen) atoms. The Morgan fingerprint density at radius 1 is 1.28 bits per heavy atom. The Morgan fingerprint density at radius 3 is 2.50 bits per heavy atom. The molecule has 0 aliphatic rings. The molecule has 1 aromatic rings. The number of hydrogen-bond acceptors (Lipinski definition) is 2. The second-order valence-corrected chi connectivity index (χ2v) is 5.84. The molecule has 0 unspecified atom stereocenters. The quantitative estimate of drug-likeness (QED) is 0.787. The van der Waals surface area contributed by atoms with Crippen LogP contribution in [0.5, 0.6) is 5.75 Å². The van der Waals surface area contributed by atoms with Crippen LogP contribution in [0.4, 0.5) is 0 Å². The van der Waals surface area contributed by atoms with Gasteiger partial charge in [0.2, 0.25) is 0 Å². The molecular formula is C15H23ClO2. The highest BCUT2D eigenvalue weighted by molar-refractivity contribution is 6.31. The molecule has 0 saturated carbocycles. The van der Waals surface area contributed by atoms with E-state index in [1.807, 2.05) is 32.9 Å². The van der Waals surface area contributed by atoms with E-state index in [2.05, 4.69) is 0 Å². The van der Waals surface area contributed by atoms with Gasteiger partial charge in [0.05, 0.1) is 12.7 Å². The third-order valence-corrected chi connectivity index (χ3v) is 3.45. The number of ether oxygens (including phenoxy) is 1. The van der Waals surface area contributed by atoms with Crippen LogP contribution >= 0.6 is 11.6 Å². The number of benzene rings is 1. The van der Waals surface area contributed by atoms with E-state index in [1.54, 1.807) is 7.11 Å². The summed E-state index contributed by atoms with van der Waals surface area (Å²) in [7, 11) is 1.68. The zero-order valence-corrected chi connectivity index (χ0v) is 12.5. The van der Waals surface area contributed by atoms with E-state index in [9.17, 15) is 5.11 Å². The summed E-state index contributed by atoms with van der Waals surface area (Å²) in [6, 6.07) is 3.97. The van der Waals surface area contributed by atoms with Crippen LogP contribution in [-0.2, 0) is 6.42 Å². The molecule has 1 N–H and O–H groups in total. The fraction of sp³-hybridized carbons (Fsp3) is 0.600. The van der Waals surface area contributed by atoms with Gasteiger partial charge in [-0.05, 0) is 63.3 Å². The fourth-order valence-corrected chi connectivity index (χ4v) is 2.14. The lowest BCUT2D eigenvalue weighted by Gasteiger charge is -2.17. The molecule has 1 aromatic carbocycles. The first-order chi connectivity index (χ1) is 8.33. The molecule has 1 rings (SSSR count). The molecule has 0 atom stereocenters. The zero-order valence-electron chi connectivity index (χ0n) is 11.7. The van der Waals surface area contributed by atoms with E-state index in [0.29, 0.717) is 0 Å². The van der Waals surface area contributed by atoms with Crippen molar-refractivity contribution in [1.82, 2.24) is 0 Å². The minimum atomic E-state index is -0.574. The molecular weight excluding hydrogens is 248 g/mol. The van der Waals surface area contributed by atoms with Gasteiger partial charge in [-0.3, -0.25) is 0 Å². The molecule has 0 bridgehead atoms. The smallest absolute Gasteiger partial charge is 0.122 e. The molecule has 102 valence electrons. The second kappa shape index (κ2) is 6.44. The number of unbranched alkanes of at least 4 members (excludes halogenated alkanes) is 1. The Labute approximate surface area is 115 Å². The van der Waals surface area contributed by atoms with Gasteiger partial charge >= 0.3 is 0 Å². The van der Waals surface area contributed by atoms with Gasteiger partial charge in [-0.1, -0.05) is 18.0 Å². The summed E-state index contributed by atoms with van der Waals surface area (Å²) in [4.78, 5) is 0. The Bertz CT molecular complexity index is 394. The van der Waals surface area contributed by atoms with E-state index in [4.69, 9.17) is 16.3 Å². The lowest BCUT2D eigenvalue weighted by Crippen LogP contribution is -2.17. The van der Waals surface area contributed by atoms with Crippen LogP contribution in [0.25, 0.3) is 0 Å². The van der Waals surface area contributed by atoms with Crippen molar-refractivity contribution in [1.29, 1.82) is 0 Å². The number of aryl methyl sites for hydroxylation is 2. The number of methoxy groups -OCH3 is 1. The van der Waals surface area contributed by atoms with Crippen LogP contribution < -0.4 is 4.74 Å². The van der Waals surface area contributed by atoms with Crippen LogP contribution in [0.3, 0.4) is 0 Å². The number of halogens is 1. The van der Waals surface area contributed by atoms with Crippen LogP contribution in [0, 0.1) is 6.92 Å². The molecule has 0 saturated heterocycles. The van der Waals surface area contributed by atoms with E-state index in [-0.39, 0.29) is 0 Å². The predicted octanol–water partition coefficient (Wildman–Crippen LogP) is 4.14. The molecule has 0 aliphatic heterocycles. The van der Waals surface area contributed by atoms with Crippen molar-refractivity contribution < 1.29 is 9.84 Å². The number of rotatable bonds is 6. The highest BCUT2D eigenvalue weighted by Gasteiger charge is 2.12. The van der Waals surface area contributed by atoms with Crippen molar-refractivity contribution in [2.24, 2.45) is 0 Å². The fourth-order valence-electron chi connectivity index (χ4n) is 1.95. The SMILES string of the molecule is COc1cc(C)c(Cl)cc1CCCCC(C)(C)O. The average molecular weight is 271 g/mol. The Balaban J connectivity index is 2.59. The standard InChI is InChI=1S/C15H23ClO2/c1-11-9-14(18-4)12(10-13(11)16)7-5-6-8-15(2,3)17/h9-10,17H,5-8H2,1-4H3. The minimum absolute atomic E-state index is 0.574. The lowest BCUT2D eigenvalue weighted by atomic mass is 9.98. The summed E-state index contributed by atoms with van der Waals surface area (Å²) < 4.78 is 5.37. The van der Waals surface area contributed by atoms with Gasteiger partial charge < -0.3 is 9.84 Å². The summed E-state index contributed by atoms with van der Waals surface area (Å²) >= 11 is 6.13. The van der Waals surface area contributed by atoms with Gasteiger partial charge in [0, 0.05) is 5.02 Å². The van der Waals surface area contributed by atoms with Gasteiger partial charge in [-0.15, -0.1) is 0 Å². The zero-order chi connectivity index (χ0) is 13.8. The molecule has 0 amide bonds. The first-order valence-corrected chi connectivity index (χ1v) is 6.76. The maximum Gasteiger partial charge on any atom is 0.122 e. The van der Waals surface area contributed by atoms with Gasteiger partial charge in [-0.25, -0.2) is 0 Å². The van der Waals surface area contributed by atoms with Crippen LogP contribution in [0.2, 0.25) is 5.02 Å². The first kappa shape index (κ1) is 15.3. The monoisotopic (exact) mass is 270 g/mol. The van der Waals surface area contributed by atoms with E-state index >= 15 is 0 Å². The second-order valence-electron chi connectivity index (χ2n) is 5.43. The van der Waals surface area contributed by atoms with Crippen molar-refractivity contribution >= 4 is 11.6 Å².